The molecule has 4 aromatic carbocycles. The van der Waals surface area contributed by atoms with Gasteiger partial charge >= 0.3 is 5.97 Å². The van der Waals surface area contributed by atoms with Gasteiger partial charge in [-0.3, -0.25) is 4.79 Å². The lowest BCUT2D eigenvalue weighted by atomic mass is 10.1. The van der Waals surface area contributed by atoms with Crippen LogP contribution in [0.2, 0.25) is 0 Å². The molecule has 42 heavy (non-hydrogen) atoms. The highest BCUT2D eigenvalue weighted by Crippen LogP contribution is 2.40. The zero-order valence-corrected chi connectivity index (χ0v) is 23.6. The molecule has 9 nitrogen and oxygen atoms in total. The van der Waals surface area contributed by atoms with Crippen molar-refractivity contribution in [3.8, 4) is 34.5 Å². The van der Waals surface area contributed by atoms with Gasteiger partial charge in [-0.2, -0.15) is 0 Å². The number of aliphatic hydroxyl groups is 1. The van der Waals surface area contributed by atoms with Crippen LogP contribution in [-0.2, 0) is 29.2 Å². The van der Waals surface area contributed by atoms with Crippen LogP contribution in [0.15, 0.2) is 84.9 Å². The van der Waals surface area contributed by atoms with Gasteiger partial charge < -0.3 is 38.3 Å². The van der Waals surface area contributed by atoms with Gasteiger partial charge in [-0.1, -0.05) is 36.4 Å². The number of fused-ring (bicyclic) bond motifs is 1. The summed E-state index contributed by atoms with van der Waals surface area (Å²) in [5.74, 6) is 3.04. The van der Waals surface area contributed by atoms with Crippen LogP contribution in [-0.4, -0.2) is 38.7 Å². The first-order valence-corrected chi connectivity index (χ1v) is 13.3. The summed E-state index contributed by atoms with van der Waals surface area (Å²) in [7, 11) is 4.58. The van der Waals surface area contributed by atoms with Crippen LogP contribution >= 0.6 is 0 Å². The number of rotatable bonds is 12. The SMILES string of the molecule is COC(=O)Cc1ccc2c(c1)OC(C(O)c1ccc(OCc3ccc(OC)cc3)c(OCc3ccc(OC)cc3)c1)O2. The van der Waals surface area contributed by atoms with Gasteiger partial charge in [0.25, 0.3) is 6.29 Å². The van der Waals surface area contributed by atoms with E-state index >= 15 is 0 Å². The van der Waals surface area contributed by atoms with Gasteiger partial charge in [-0.15, -0.1) is 0 Å². The van der Waals surface area contributed by atoms with E-state index in [2.05, 4.69) is 0 Å². The number of benzene rings is 4. The fraction of sp³-hybridized carbons (Fsp3) is 0.242. The van der Waals surface area contributed by atoms with Crippen LogP contribution in [0.25, 0.3) is 0 Å². The van der Waals surface area contributed by atoms with E-state index in [1.54, 1.807) is 50.6 Å². The summed E-state index contributed by atoms with van der Waals surface area (Å²) in [5.41, 5.74) is 3.12. The average molecular weight is 573 g/mol. The number of esters is 1. The van der Waals surface area contributed by atoms with Crippen molar-refractivity contribution in [2.75, 3.05) is 21.3 Å². The lowest BCUT2D eigenvalue weighted by molar-refractivity contribution is -0.139. The van der Waals surface area contributed by atoms with Crippen LogP contribution in [0.1, 0.15) is 28.4 Å². The van der Waals surface area contributed by atoms with E-state index in [9.17, 15) is 9.90 Å². The van der Waals surface area contributed by atoms with Crippen LogP contribution < -0.4 is 28.4 Å². The van der Waals surface area contributed by atoms with Gasteiger partial charge in [0.15, 0.2) is 29.1 Å². The Labute approximate surface area is 244 Å². The summed E-state index contributed by atoms with van der Waals surface area (Å²) >= 11 is 0. The number of hydrogen-bond donors (Lipinski definition) is 1. The molecule has 218 valence electrons. The highest BCUT2D eigenvalue weighted by Gasteiger charge is 2.33. The third kappa shape index (κ3) is 6.87. The van der Waals surface area contributed by atoms with Crippen molar-refractivity contribution >= 4 is 5.97 Å². The summed E-state index contributed by atoms with van der Waals surface area (Å²) in [5, 5.41) is 11.2. The van der Waals surface area contributed by atoms with Gasteiger partial charge in [-0.05, 0) is 70.8 Å². The maximum absolute atomic E-state index is 11.7. The van der Waals surface area contributed by atoms with Crippen LogP contribution in [0, 0.1) is 0 Å². The standard InChI is InChI=1S/C33H32O9/c1-36-25-10-4-21(5-11-25)19-39-27-15-9-24(18-29(27)40-20-22-6-12-26(37-2)13-7-22)32(35)33-41-28-14-8-23(16-30(28)42-33)17-31(34)38-3/h4-16,18,32-33,35H,17,19-20H2,1-3H3. The van der Waals surface area contributed by atoms with Gasteiger partial charge in [0, 0.05) is 0 Å². The minimum Gasteiger partial charge on any atom is -0.497 e. The van der Waals surface area contributed by atoms with Crippen LogP contribution in [0.4, 0.5) is 0 Å². The molecule has 0 aromatic heterocycles. The van der Waals surface area contributed by atoms with Gasteiger partial charge in [0.1, 0.15) is 24.7 Å². The maximum atomic E-state index is 11.7. The number of aliphatic hydroxyl groups excluding tert-OH is 1. The Morgan fingerprint density at radius 2 is 1.29 bits per heavy atom. The molecule has 1 N–H and O–H groups in total. The smallest absolute Gasteiger partial charge is 0.309 e. The molecular weight excluding hydrogens is 540 g/mol. The van der Waals surface area contributed by atoms with Crippen molar-refractivity contribution < 1.29 is 43.1 Å². The summed E-state index contributed by atoms with van der Waals surface area (Å²) < 4.78 is 39.3. The van der Waals surface area contributed by atoms with Gasteiger partial charge in [-0.25, -0.2) is 0 Å². The molecule has 0 fully saturated rings. The molecule has 2 atom stereocenters. The molecule has 9 heteroatoms. The molecule has 1 heterocycles. The molecule has 0 saturated heterocycles. The van der Waals surface area contributed by atoms with E-state index in [1.165, 1.54) is 7.11 Å². The number of carbonyl (C=O) groups excluding carboxylic acids is 1. The van der Waals surface area contributed by atoms with Gasteiger partial charge in [0.2, 0.25) is 0 Å². The molecular formula is C33H32O9. The predicted octanol–water partition coefficient (Wildman–Crippen LogP) is 5.41. The normalized spacial score (nSPS) is 14.1. The first-order chi connectivity index (χ1) is 20.4. The highest BCUT2D eigenvalue weighted by molar-refractivity contribution is 5.72. The minimum absolute atomic E-state index is 0.104. The highest BCUT2D eigenvalue weighted by atomic mass is 16.7. The topological polar surface area (TPSA) is 102 Å². The summed E-state index contributed by atoms with van der Waals surface area (Å²) in [6.45, 7) is 0.579. The summed E-state index contributed by atoms with van der Waals surface area (Å²) in [6.07, 6.45) is -2.03. The van der Waals surface area contributed by atoms with E-state index in [4.69, 9.17) is 33.2 Å². The fourth-order valence-electron chi connectivity index (χ4n) is 4.36. The minimum atomic E-state index is -1.14. The van der Waals surface area contributed by atoms with Crippen LogP contribution in [0.5, 0.6) is 34.5 Å². The predicted molar refractivity (Wildman–Crippen MR) is 153 cm³/mol. The molecule has 4 aromatic rings. The van der Waals surface area contributed by atoms with E-state index in [-0.39, 0.29) is 19.0 Å². The number of carbonyl (C=O) groups is 1. The van der Waals surface area contributed by atoms with Crippen LogP contribution in [0.3, 0.4) is 0 Å². The van der Waals surface area contributed by atoms with Crippen molar-refractivity contribution in [1.82, 2.24) is 0 Å². The van der Waals surface area contributed by atoms with E-state index < -0.39 is 12.4 Å². The molecule has 0 radical (unpaired) electrons. The Hall–Kier alpha value is -4.89. The largest absolute Gasteiger partial charge is 0.497 e. The molecule has 0 bridgehead atoms. The van der Waals surface area contributed by atoms with Crippen molar-refractivity contribution in [1.29, 1.82) is 0 Å². The Kier molecular flexibility index (Phi) is 8.99. The van der Waals surface area contributed by atoms with Crippen molar-refractivity contribution in [3.05, 3.63) is 107 Å². The lowest BCUT2D eigenvalue weighted by Crippen LogP contribution is -2.27. The Bertz CT molecular complexity index is 1500. The van der Waals surface area contributed by atoms with E-state index in [0.717, 1.165) is 22.6 Å². The zero-order chi connectivity index (χ0) is 29.5. The second kappa shape index (κ2) is 13.2. The number of methoxy groups -OCH3 is 3. The first-order valence-electron chi connectivity index (χ1n) is 13.3. The van der Waals surface area contributed by atoms with E-state index in [0.29, 0.717) is 40.7 Å². The quantitative estimate of drug-likeness (QED) is 0.223. The molecule has 2 unspecified atom stereocenters. The second-order valence-corrected chi connectivity index (χ2v) is 9.56. The first kappa shape index (κ1) is 28.6. The summed E-state index contributed by atoms with van der Waals surface area (Å²) in [4.78, 5) is 11.7. The molecule has 0 aliphatic carbocycles. The van der Waals surface area contributed by atoms with E-state index in [1.807, 2.05) is 48.5 Å². The molecule has 0 saturated carbocycles. The maximum Gasteiger partial charge on any atom is 0.309 e. The monoisotopic (exact) mass is 572 g/mol. The Morgan fingerprint density at radius 1 is 0.714 bits per heavy atom. The Morgan fingerprint density at radius 3 is 1.88 bits per heavy atom. The molecule has 0 spiro atoms. The third-order valence-electron chi connectivity index (χ3n) is 6.74. The van der Waals surface area contributed by atoms with Gasteiger partial charge in [0.05, 0.1) is 27.8 Å². The number of hydrogen-bond acceptors (Lipinski definition) is 9. The Balaban J connectivity index is 1.32. The molecule has 1 aliphatic heterocycles. The average Bonchev–Trinajstić information content (AvgIpc) is 3.46. The second-order valence-electron chi connectivity index (χ2n) is 9.56. The van der Waals surface area contributed by atoms with Crippen molar-refractivity contribution in [2.45, 2.75) is 32.0 Å². The third-order valence-corrected chi connectivity index (χ3v) is 6.74. The molecule has 0 amide bonds. The fourth-order valence-corrected chi connectivity index (χ4v) is 4.36. The van der Waals surface area contributed by atoms with Crippen molar-refractivity contribution in [3.63, 3.8) is 0 Å². The molecule has 1 aliphatic rings. The zero-order valence-electron chi connectivity index (χ0n) is 23.6. The lowest BCUT2D eigenvalue weighted by Gasteiger charge is -2.20. The van der Waals surface area contributed by atoms with Crippen molar-refractivity contribution in [2.24, 2.45) is 0 Å². The molecule has 5 rings (SSSR count). The number of ether oxygens (including phenoxy) is 7. The summed E-state index contributed by atoms with van der Waals surface area (Å²) in [6, 6.07) is 25.6.